The summed E-state index contributed by atoms with van der Waals surface area (Å²) in [4.78, 5) is 29.4. The fourth-order valence-electron chi connectivity index (χ4n) is 7.40. The molecule has 3 N–H and O–H groups in total. The van der Waals surface area contributed by atoms with E-state index in [0.717, 1.165) is 8.51 Å². The molecule has 7 atom stereocenters. The molecule has 19 nitrogen and oxygen atoms in total. The predicted octanol–water partition coefficient (Wildman–Crippen LogP) is 20.5. The van der Waals surface area contributed by atoms with Crippen molar-refractivity contribution in [2.75, 3.05) is 0 Å². The summed E-state index contributed by atoms with van der Waals surface area (Å²) < 4.78 is 70.4. The van der Waals surface area contributed by atoms with Gasteiger partial charge in [0, 0.05) is 43.9 Å². The molecule has 0 saturated heterocycles. The lowest BCUT2D eigenvalue weighted by molar-refractivity contribution is 0.0290. The van der Waals surface area contributed by atoms with Crippen LogP contribution in [0.1, 0.15) is 0 Å². The molecule has 0 fully saturated rings. The molecular formula is C60H56N9O10P9. The Kier molecular flexibility index (Phi) is 23.3. The molecule has 28 heteroatoms. The van der Waals surface area contributed by atoms with Gasteiger partial charge in [-0.1, -0.05) is 182 Å². The molecule has 446 valence electrons. The van der Waals surface area contributed by atoms with Crippen molar-refractivity contribution in [1.82, 2.24) is 36.5 Å². The third-order valence-electron chi connectivity index (χ3n) is 11.3. The lowest BCUT2D eigenvalue weighted by Gasteiger charge is -2.45. The standard InChI is InChI=1S/C60H50N5O10P5.H6N4P4/c1-11-31-51(32-12-1)66-62-76(70-55-39-19-5-20-40-55)61-80(74-59-47-27-9-28-48-59,75-60-49-29-10-30-50-60)65(69-54-37-17-4-18-38-54)79(73-58-45-25-8-26-46-58)64(68-53-35-15-3-16-36-53)78(72-57-43-23-7-24-44-57)63(67-52-33-13-2-14-34-52)77(62)71-56-41-21-6-22-42-56;1-5-2-7-4-8-3-6-1/h1-50H;1-2,5-7H,(H,3,4). The van der Waals surface area contributed by atoms with Gasteiger partial charge in [-0.3, -0.25) is 0 Å². The highest BCUT2D eigenvalue weighted by Crippen LogP contribution is 2.78. The summed E-state index contributed by atoms with van der Waals surface area (Å²) in [7, 11) is -12.5. The van der Waals surface area contributed by atoms with Crippen molar-refractivity contribution in [2.24, 2.45) is 4.52 Å². The van der Waals surface area contributed by atoms with Crippen LogP contribution in [0.15, 0.2) is 308 Å². The number of rotatable bonds is 20. The highest BCUT2D eigenvalue weighted by atomic mass is 31.3. The molecule has 10 aromatic carbocycles. The Hall–Kier alpha value is -7.61. The Morgan fingerprint density at radius 3 is 1.02 bits per heavy atom. The third-order valence-corrected chi connectivity index (χ3v) is 25.8. The Labute approximate surface area is 520 Å². The van der Waals surface area contributed by atoms with Gasteiger partial charge in [-0.2, -0.15) is 4.51 Å². The van der Waals surface area contributed by atoms with E-state index in [-0.39, 0.29) is 0 Å². The van der Waals surface area contributed by atoms with E-state index in [2.05, 4.69) is 18.0 Å². The number of aromatic nitrogens is 4. The van der Waals surface area contributed by atoms with Crippen LogP contribution >= 0.6 is 75.5 Å². The minimum Gasteiger partial charge on any atom is -0.440 e. The zero-order chi connectivity index (χ0) is 59.7. The molecule has 1 aliphatic rings. The number of nitrogens with one attached hydrogen (secondary N) is 3. The Morgan fingerprint density at radius 2 is 0.625 bits per heavy atom. The van der Waals surface area contributed by atoms with Crippen LogP contribution in [0, 0.1) is 0 Å². The van der Waals surface area contributed by atoms with Crippen LogP contribution in [0.4, 0.5) is 0 Å². The van der Waals surface area contributed by atoms with Gasteiger partial charge < -0.3 is 60.0 Å². The van der Waals surface area contributed by atoms with E-state index in [4.69, 9.17) is 51.0 Å². The van der Waals surface area contributed by atoms with Crippen LogP contribution in [-0.4, -0.2) is 36.5 Å². The molecule has 12 rings (SSSR count). The summed E-state index contributed by atoms with van der Waals surface area (Å²) in [6.07, 6.45) is 0. The average Bonchev–Trinajstić information content (AvgIpc) is 1.01. The van der Waals surface area contributed by atoms with Crippen molar-refractivity contribution in [2.45, 2.75) is 0 Å². The number of hydrogen-bond acceptors (Lipinski definition) is 16. The van der Waals surface area contributed by atoms with Crippen molar-refractivity contribution in [3.8, 4) is 57.5 Å². The van der Waals surface area contributed by atoms with Crippen LogP contribution in [0.3, 0.4) is 0 Å². The molecule has 0 amide bonds. The SMILES string of the molecule is c1ccc(ON2P(Oc3ccccc3)N=P(Oc3ccccc3)(Oc3ccccc3)N(Oc3ccccc3)P(Oc3ccccc3)N(Oc3ccccc3)P(Oc3ccccc3)N(Oc3ccccc3)P2Oc2ccccc2)cc1.n1p[nH][pH][nH][pH][nH][pH]1. The van der Waals surface area contributed by atoms with E-state index in [0.29, 0.717) is 83.0 Å². The van der Waals surface area contributed by atoms with Gasteiger partial charge in [-0.15, -0.1) is 4.52 Å². The van der Waals surface area contributed by atoms with Gasteiger partial charge in [-0.25, -0.2) is 0 Å². The second-order valence-corrected chi connectivity index (χ2v) is 31.2. The monoisotopic (exact) mass is 1340 g/mol. The molecule has 88 heavy (non-hydrogen) atoms. The summed E-state index contributed by atoms with van der Waals surface area (Å²) >= 11 is 0. The summed E-state index contributed by atoms with van der Waals surface area (Å²) in [5.41, 5.74) is 0. The highest BCUT2D eigenvalue weighted by Gasteiger charge is 2.60. The Balaban J connectivity index is 0.000000927. The van der Waals surface area contributed by atoms with E-state index in [1.807, 2.05) is 303 Å². The third kappa shape index (κ3) is 18.0. The maximum absolute atomic E-state index is 7.55. The van der Waals surface area contributed by atoms with Gasteiger partial charge in [0.2, 0.25) is 0 Å². The number of H-pyrrole nitrogens is 3. The van der Waals surface area contributed by atoms with Crippen LogP contribution in [0.5, 0.6) is 57.5 Å². The molecule has 0 radical (unpaired) electrons. The minimum atomic E-state index is -4.55. The molecule has 0 aliphatic carbocycles. The normalized spacial score (nSPS) is 17.2. The van der Waals surface area contributed by atoms with E-state index in [1.165, 1.54) is 4.60 Å². The van der Waals surface area contributed by atoms with Crippen LogP contribution < -0.4 is 46.5 Å². The van der Waals surface area contributed by atoms with Gasteiger partial charge >= 0.3 is 41.5 Å². The van der Waals surface area contributed by atoms with Gasteiger partial charge in [-0.05, 0) is 121 Å². The fourth-order valence-corrected chi connectivity index (χ4v) is 23.2. The zero-order valence-corrected chi connectivity index (χ0v) is 54.7. The first kappa shape index (κ1) is 62.0. The summed E-state index contributed by atoms with van der Waals surface area (Å²) in [6, 6.07) is 92.9. The molecular weight excluding hydrogens is 1290 g/mol. The summed E-state index contributed by atoms with van der Waals surface area (Å²) in [6.45, 7) is 0. The number of nitrogens with zero attached hydrogens (tertiary/aromatic N) is 6. The largest absolute Gasteiger partial charge is 0.447 e. The van der Waals surface area contributed by atoms with Gasteiger partial charge in [0.15, 0.2) is 0 Å². The lowest BCUT2D eigenvalue weighted by Crippen LogP contribution is -2.40. The molecule has 2 heterocycles. The maximum atomic E-state index is 7.55. The summed E-state index contributed by atoms with van der Waals surface area (Å²) in [5.74, 6) is 3.90. The van der Waals surface area contributed by atoms with Crippen molar-refractivity contribution in [1.29, 1.82) is 0 Å². The second-order valence-electron chi connectivity index (χ2n) is 17.6. The molecule has 0 spiro atoms. The maximum Gasteiger partial charge on any atom is 0.447 e. The topological polar surface area (TPSA) is 178 Å². The Morgan fingerprint density at radius 1 is 0.318 bits per heavy atom. The number of benzene rings is 10. The van der Waals surface area contributed by atoms with E-state index < -0.39 is 41.5 Å². The molecule has 7 unspecified atom stereocenters. The van der Waals surface area contributed by atoms with Crippen molar-refractivity contribution >= 4 is 75.5 Å². The zero-order valence-electron chi connectivity index (χ0n) is 46.3. The first-order chi connectivity index (χ1) is 43.6. The fraction of sp³-hybridized carbons (Fsp3) is 0. The van der Waals surface area contributed by atoms with Gasteiger partial charge in [0.25, 0.3) is 0 Å². The lowest BCUT2D eigenvalue weighted by atomic mass is 10.3. The first-order valence-electron chi connectivity index (χ1n) is 26.9. The van der Waals surface area contributed by atoms with E-state index in [9.17, 15) is 0 Å². The molecule has 0 bridgehead atoms. The van der Waals surface area contributed by atoms with Crippen molar-refractivity contribution in [3.05, 3.63) is 303 Å². The number of aromatic amines is 3. The number of hydrogen-bond donors (Lipinski definition) is 3. The number of para-hydroxylation sites is 10. The van der Waals surface area contributed by atoms with Crippen molar-refractivity contribution in [3.63, 3.8) is 0 Å². The second kappa shape index (κ2) is 33.1. The quantitative estimate of drug-likeness (QED) is 0.0614. The average molecular weight is 1340 g/mol. The van der Waals surface area contributed by atoms with Crippen molar-refractivity contribution < 1.29 is 46.5 Å². The molecule has 0 saturated carbocycles. The van der Waals surface area contributed by atoms with Crippen LogP contribution in [0.25, 0.3) is 0 Å². The van der Waals surface area contributed by atoms with Crippen LogP contribution in [-0.2, 0) is 0 Å². The van der Waals surface area contributed by atoms with Gasteiger partial charge in [0.1, 0.15) is 66.0 Å². The molecule has 1 aliphatic heterocycles. The highest BCUT2D eigenvalue weighted by molar-refractivity contribution is 7.78. The molecule has 1 aromatic heterocycles. The first-order valence-corrected chi connectivity index (χ1v) is 36.9. The smallest absolute Gasteiger partial charge is 0.440 e. The predicted molar refractivity (Wildman–Crippen MR) is 359 cm³/mol. The van der Waals surface area contributed by atoms with E-state index in [1.54, 1.807) is 13.8 Å². The minimum absolute atomic E-state index is 0.354. The van der Waals surface area contributed by atoms with Crippen LogP contribution in [0.2, 0.25) is 0 Å². The molecule has 11 aromatic rings. The summed E-state index contributed by atoms with van der Waals surface area (Å²) in [5, 5.41) is 0. The Bertz CT molecular complexity index is 3770. The van der Waals surface area contributed by atoms with E-state index >= 15 is 0 Å². The van der Waals surface area contributed by atoms with Gasteiger partial charge in [0.05, 0.1) is 0 Å².